The third kappa shape index (κ3) is 2.72. The first-order chi connectivity index (χ1) is 10.2. The topological polar surface area (TPSA) is 58.4 Å². The van der Waals surface area contributed by atoms with Crippen molar-refractivity contribution >= 4 is 23.2 Å². The minimum absolute atomic E-state index is 0.0694. The Morgan fingerprint density at radius 2 is 1.52 bits per heavy atom. The van der Waals surface area contributed by atoms with Gasteiger partial charge in [0.1, 0.15) is 5.69 Å². The highest BCUT2D eigenvalue weighted by atomic mass is 35.5. The van der Waals surface area contributed by atoms with Crippen LogP contribution in [0.3, 0.4) is 0 Å². The molecule has 3 rings (SSSR count). The van der Waals surface area contributed by atoms with Gasteiger partial charge in [-0.1, -0.05) is 23.2 Å². The van der Waals surface area contributed by atoms with Crippen molar-refractivity contribution in [2.24, 2.45) is 0 Å². The molecule has 1 aromatic heterocycles. The second-order valence-corrected chi connectivity index (χ2v) is 5.04. The fourth-order valence-corrected chi connectivity index (χ4v) is 2.06. The van der Waals surface area contributed by atoms with Gasteiger partial charge >= 0.3 is 5.82 Å². The van der Waals surface area contributed by atoms with Gasteiger partial charge in [-0.25, -0.2) is 0 Å². The Bertz CT molecular complexity index is 753. The summed E-state index contributed by atoms with van der Waals surface area (Å²) in [5, 5.41) is 18.6. The van der Waals surface area contributed by atoms with Crippen LogP contribution >= 0.6 is 23.2 Å². The lowest BCUT2D eigenvalue weighted by Gasteiger charge is -2.00. The van der Waals surface area contributed by atoms with Crippen LogP contribution in [0, 0.1) is 11.3 Å². The highest BCUT2D eigenvalue weighted by molar-refractivity contribution is 6.30. The molecule has 0 radical (unpaired) electrons. The zero-order chi connectivity index (χ0) is 14.8. The fourth-order valence-electron chi connectivity index (χ4n) is 1.81. The van der Waals surface area contributed by atoms with E-state index in [9.17, 15) is 0 Å². The van der Waals surface area contributed by atoms with Gasteiger partial charge in [0.05, 0.1) is 5.10 Å². The molecule has 0 fully saturated rings. The molecule has 0 spiro atoms. The average molecular weight is 317 g/mol. The average Bonchev–Trinajstić information content (AvgIpc) is 2.93. The Kier molecular flexibility index (Phi) is 3.57. The van der Waals surface area contributed by atoms with E-state index in [0.717, 1.165) is 11.4 Å². The van der Waals surface area contributed by atoms with Crippen molar-refractivity contribution in [2.45, 2.75) is 0 Å². The number of nitrogens with zero attached hydrogens (tertiary/aromatic N) is 5. The number of tetrazole rings is 1. The zero-order valence-corrected chi connectivity index (χ0v) is 12.1. The molecule has 21 heavy (non-hydrogen) atoms. The predicted octanol–water partition coefficient (Wildman–Crippen LogP) is 2.72. The third-order valence-corrected chi connectivity index (χ3v) is 3.28. The molecule has 0 amide bonds. The lowest BCUT2D eigenvalue weighted by atomic mass is 10.3. The summed E-state index contributed by atoms with van der Waals surface area (Å²) in [6.07, 6.45) is 0. The Balaban J connectivity index is 2.16. The molecule has 0 unspecified atom stereocenters. The summed E-state index contributed by atoms with van der Waals surface area (Å²) in [4.78, 5) is 3.05. The van der Waals surface area contributed by atoms with Crippen LogP contribution in [0.2, 0.25) is 10.0 Å². The van der Waals surface area contributed by atoms with E-state index in [-0.39, 0.29) is 5.82 Å². The molecule has 0 aliphatic rings. The Morgan fingerprint density at radius 3 is 2.10 bits per heavy atom. The summed E-state index contributed by atoms with van der Waals surface area (Å²) < 4.78 is 0. The standard InChI is InChI=1S/C14H8Cl2N5/c15-10-1-5-12(6-2-10)20-18-14(9-17)19-21(20)13-7-3-11(16)4-8-13/h1-8H/q+1. The molecule has 0 atom stereocenters. The number of hydrogen-bond donors (Lipinski definition) is 0. The van der Waals surface area contributed by atoms with Gasteiger partial charge in [-0.3, -0.25) is 0 Å². The van der Waals surface area contributed by atoms with E-state index in [1.807, 2.05) is 6.07 Å². The van der Waals surface area contributed by atoms with Crippen LogP contribution in [-0.2, 0) is 0 Å². The smallest absolute Gasteiger partial charge is 0.186 e. The maximum absolute atomic E-state index is 9.01. The minimum Gasteiger partial charge on any atom is -0.186 e. The number of rotatable bonds is 2. The van der Waals surface area contributed by atoms with E-state index < -0.39 is 0 Å². The summed E-state index contributed by atoms with van der Waals surface area (Å²) in [7, 11) is 0. The molecule has 7 heteroatoms. The molecule has 5 nitrogen and oxygen atoms in total. The molecule has 1 heterocycles. The number of halogens is 2. The second-order valence-electron chi connectivity index (χ2n) is 4.17. The SMILES string of the molecule is N#Cc1nn(-c2ccc(Cl)cc2)[n+](-c2ccc(Cl)cc2)n1. The van der Waals surface area contributed by atoms with Gasteiger partial charge in [-0.05, 0) is 53.3 Å². The van der Waals surface area contributed by atoms with Crippen LogP contribution < -0.4 is 4.80 Å². The van der Waals surface area contributed by atoms with Gasteiger partial charge in [0.25, 0.3) is 0 Å². The summed E-state index contributed by atoms with van der Waals surface area (Å²) in [6, 6.07) is 16.1. The van der Waals surface area contributed by atoms with E-state index in [1.165, 1.54) is 9.59 Å². The summed E-state index contributed by atoms with van der Waals surface area (Å²) >= 11 is 11.8. The van der Waals surface area contributed by atoms with Gasteiger partial charge in [-0.2, -0.15) is 5.26 Å². The summed E-state index contributed by atoms with van der Waals surface area (Å²) in [6.45, 7) is 0. The Labute approximate surface area is 130 Å². The largest absolute Gasteiger partial charge is 0.409 e. The number of nitriles is 1. The van der Waals surface area contributed by atoms with Crippen molar-refractivity contribution < 1.29 is 4.80 Å². The Hall–Kier alpha value is -2.42. The van der Waals surface area contributed by atoms with E-state index in [0.29, 0.717) is 10.0 Å². The van der Waals surface area contributed by atoms with Crippen LogP contribution in [0.25, 0.3) is 11.4 Å². The van der Waals surface area contributed by atoms with Crippen molar-refractivity contribution in [3.63, 3.8) is 0 Å². The lowest BCUT2D eigenvalue weighted by Crippen LogP contribution is -2.43. The number of hydrogen-bond acceptors (Lipinski definition) is 3. The van der Waals surface area contributed by atoms with Crippen molar-refractivity contribution in [1.29, 1.82) is 5.26 Å². The molecular weight excluding hydrogens is 309 g/mol. The summed E-state index contributed by atoms with van der Waals surface area (Å²) in [5.41, 5.74) is 1.48. The van der Waals surface area contributed by atoms with E-state index in [1.54, 1.807) is 48.5 Å². The first kappa shape index (κ1) is 13.6. The minimum atomic E-state index is 0.0694. The van der Waals surface area contributed by atoms with E-state index in [2.05, 4.69) is 10.2 Å². The molecule has 0 aliphatic carbocycles. The van der Waals surface area contributed by atoms with Gasteiger partial charge in [0.15, 0.2) is 11.8 Å². The summed E-state index contributed by atoms with van der Waals surface area (Å²) in [5.74, 6) is 0.0694. The van der Waals surface area contributed by atoms with Crippen molar-refractivity contribution in [3.05, 3.63) is 64.4 Å². The molecule has 0 saturated heterocycles. The van der Waals surface area contributed by atoms with Gasteiger partial charge in [0.2, 0.25) is 0 Å². The molecule has 102 valence electrons. The van der Waals surface area contributed by atoms with Gasteiger partial charge < -0.3 is 0 Å². The maximum atomic E-state index is 9.01. The van der Waals surface area contributed by atoms with Crippen molar-refractivity contribution in [1.82, 2.24) is 15.0 Å². The molecule has 0 N–H and O–H groups in total. The third-order valence-electron chi connectivity index (χ3n) is 2.77. The maximum Gasteiger partial charge on any atom is 0.409 e. The van der Waals surface area contributed by atoms with Crippen LogP contribution in [0.15, 0.2) is 48.5 Å². The van der Waals surface area contributed by atoms with E-state index >= 15 is 0 Å². The van der Waals surface area contributed by atoms with Crippen LogP contribution in [0.4, 0.5) is 0 Å². The van der Waals surface area contributed by atoms with Crippen LogP contribution in [-0.4, -0.2) is 15.0 Å². The molecular formula is C14H8Cl2N5+. The Morgan fingerprint density at radius 1 is 0.952 bits per heavy atom. The van der Waals surface area contributed by atoms with Crippen LogP contribution in [0.1, 0.15) is 5.82 Å². The van der Waals surface area contributed by atoms with Gasteiger partial charge in [-0.15, -0.1) is 0 Å². The van der Waals surface area contributed by atoms with Crippen LogP contribution in [0.5, 0.6) is 0 Å². The van der Waals surface area contributed by atoms with Crippen molar-refractivity contribution in [3.8, 4) is 17.4 Å². The fraction of sp³-hybridized carbons (Fsp3) is 0. The molecule has 0 saturated carbocycles. The quantitative estimate of drug-likeness (QED) is 0.683. The molecule has 3 aromatic rings. The number of benzene rings is 2. The lowest BCUT2D eigenvalue weighted by molar-refractivity contribution is -0.735. The number of aromatic nitrogens is 4. The van der Waals surface area contributed by atoms with Crippen molar-refractivity contribution in [2.75, 3.05) is 0 Å². The first-order valence-corrected chi connectivity index (χ1v) is 6.74. The highest BCUT2D eigenvalue weighted by Crippen LogP contribution is 2.13. The second kappa shape index (κ2) is 5.52. The van der Waals surface area contributed by atoms with E-state index in [4.69, 9.17) is 28.5 Å². The normalized spacial score (nSPS) is 10.3. The first-order valence-electron chi connectivity index (χ1n) is 5.99. The predicted molar refractivity (Wildman–Crippen MR) is 77.6 cm³/mol. The zero-order valence-electron chi connectivity index (χ0n) is 10.6. The monoisotopic (exact) mass is 316 g/mol. The molecule has 0 bridgehead atoms. The van der Waals surface area contributed by atoms with Gasteiger partial charge in [0, 0.05) is 19.9 Å². The molecule has 0 aliphatic heterocycles. The highest BCUT2D eigenvalue weighted by Gasteiger charge is 2.21. The molecule has 2 aromatic carbocycles.